The third-order valence-electron chi connectivity index (χ3n) is 2.49. The fraction of sp³-hybridized carbons (Fsp3) is 1.00. The highest BCUT2D eigenvalue weighted by molar-refractivity contribution is 7.99. The number of nitrogens with one attached hydrogen (secondary N) is 1. The summed E-state index contributed by atoms with van der Waals surface area (Å²) < 4.78 is 0. The zero-order valence-corrected chi connectivity index (χ0v) is 10.4. The Morgan fingerprint density at radius 2 is 1.92 bits per heavy atom. The molecule has 0 aromatic rings. The van der Waals surface area contributed by atoms with Crippen molar-refractivity contribution in [2.75, 3.05) is 18.1 Å². The molecule has 0 aliphatic rings. The minimum atomic E-state index is 0.717. The molecule has 0 saturated carbocycles. The van der Waals surface area contributed by atoms with Crippen molar-refractivity contribution in [2.24, 2.45) is 5.92 Å². The van der Waals surface area contributed by atoms with Crippen LogP contribution in [0.15, 0.2) is 0 Å². The van der Waals surface area contributed by atoms with Gasteiger partial charge in [-0.25, -0.2) is 0 Å². The molecular formula is C11H25NS. The van der Waals surface area contributed by atoms with E-state index in [2.05, 4.69) is 33.0 Å². The summed E-state index contributed by atoms with van der Waals surface area (Å²) in [5, 5.41) is 3.63. The first-order valence-corrected chi connectivity index (χ1v) is 6.72. The third kappa shape index (κ3) is 6.39. The highest BCUT2D eigenvalue weighted by Crippen LogP contribution is 2.13. The Labute approximate surface area is 88.1 Å². The van der Waals surface area contributed by atoms with Crippen LogP contribution >= 0.6 is 11.8 Å². The molecule has 1 nitrogen and oxygen atoms in total. The maximum atomic E-state index is 3.63. The molecular weight excluding hydrogens is 178 g/mol. The smallest absolute Gasteiger partial charge is 0.0183 e. The Morgan fingerprint density at radius 3 is 2.38 bits per heavy atom. The number of thioether (sulfide) groups is 1. The van der Waals surface area contributed by atoms with Crippen LogP contribution in [0.1, 0.15) is 40.5 Å². The van der Waals surface area contributed by atoms with Crippen molar-refractivity contribution in [3.8, 4) is 0 Å². The van der Waals surface area contributed by atoms with Crippen molar-refractivity contribution in [1.82, 2.24) is 5.32 Å². The molecule has 0 spiro atoms. The molecule has 0 heterocycles. The monoisotopic (exact) mass is 203 g/mol. The summed E-state index contributed by atoms with van der Waals surface area (Å²) in [6.45, 7) is 10.3. The van der Waals surface area contributed by atoms with Crippen molar-refractivity contribution in [3.05, 3.63) is 0 Å². The van der Waals surface area contributed by atoms with Crippen LogP contribution < -0.4 is 5.32 Å². The zero-order chi connectivity index (χ0) is 10.1. The minimum absolute atomic E-state index is 0.717. The molecule has 0 aromatic heterocycles. The van der Waals surface area contributed by atoms with Gasteiger partial charge in [0, 0.05) is 11.8 Å². The van der Waals surface area contributed by atoms with Gasteiger partial charge >= 0.3 is 0 Å². The number of hydrogen-bond donors (Lipinski definition) is 1. The fourth-order valence-electron chi connectivity index (χ4n) is 1.28. The van der Waals surface area contributed by atoms with Gasteiger partial charge < -0.3 is 5.32 Å². The van der Waals surface area contributed by atoms with E-state index in [0.717, 1.165) is 12.0 Å². The lowest BCUT2D eigenvalue weighted by Crippen LogP contribution is -2.37. The zero-order valence-electron chi connectivity index (χ0n) is 9.60. The summed E-state index contributed by atoms with van der Waals surface area (Å²) in [6.07, 6.45) is 2.52. The van der Waals surface area contributed by atoms with E-state index in [9.17, 15) is 0 Å². The topological polar surface area (TPSA) is 12.0 Å². The largest absolute Gasteiger partial charge is 0.313 e. The second-order valence-corrected chi connectivity index (χ2v) is 4.92. The molecule has 0 aliphatic carbocycles. The molecule has 80 valence electrons. The van der Waals surface area contributed by atoms with E-state index in [-0.39, 0.29) is 0 Å². The van der Waals surface area contributed by atoms with Gasteiger partial charge in [-0.3, -0.25) is 0 Å². The van der Waals surface area contributed by atoms with Crippen LogP contribution in [-0.2, 0) is 0 Å². The SMILES string of the molecule is CCCNC(CSCC)C(C)CC. The summed E-state index contributed by atoms with van der Waals surface area (Å²) in [5.41, 5.74) is 0. The van der Waals surface area contributed by atoms with E-state index in [1.54, 1.807) is 0 Å². The lowest BCUT2D eigenvalue weighted by atomic mass is 10.0. The first-order chi connectivity index (χ1) is 6.26. The average molecular weight is 203 g/mol. The highest BCUT2D eigenvalue weighted by atomic mass is 32.2. The maximum Gasteiger partial charge on any atom is 0.0183 e. The van der Waals surface area contributed by atoms with Gasteiger partial charge in [-0.05, 0) is 24.6 Å². The normalized spacial score (nSPS) is 15.7. The van der Waals surface area contributed by atoms with E-state index in [1.807, 2.05) is 11.8 Å². The summed E-state index contributed by atoms with van der Waals surface area (Å²) in [5.74, 6) is 3.32. The van der Waals surface area contributed by atoms with Crippen molar-refractivity contribution in [2.45, 2.75) is 46.6 Å². The van der Waals surface area contributed by atoms with Gasteiger partial charge in [-0.1, -0.05) is 34.1 Å². The molecule has 2 heteroatoms. The summed E-state index contributed by atoms with van der Waals surface area (Å²) >= 11 is 2.05. The summed E-state index contributed by atoms with van der Waals surface area (Å²) in [6, 6.07) is 0.717. The van der Waals surface area contributed by atoms with E-state index in [1.165, 1.54) is 30.9 Å². The van der Waals surface area contributed by atoms with Crippen molar-refractivity contribution < 1.29 is 0 Å². The lowest BCUT2D eigenvalue weighted by Gasteiger charge is -2.23. The Hall–Kier alpha value is 0.310. The molecule has 0 aliphatic heterocycles. The Bertz CT molecular complexity index is 98.3. The standard InChI is InChI=1S/C11H25NS/c1-5-8-12-11(9-13-7-3)10(4)6-2/h10-12H,5-9H2,1-4H3. The second-order valence-electron chi connectivity index (χ2n) is 3.61. The van der Waals surface area contributed by atoms with Crippen LogP contribution in [0.5, 0.6) is 0 Å². The first-order valence-electron chi connectivity index (χ1n) is 5.57. The van der Waals surface area contributed by atoms with E-state index < -0.39 is 0 Å². The Morgan fingerprint density at radius 1 is 1.23 bits per heavy atom. The van der Waals surface area contributed by atoms with Gasteiger partial charge in [0.2, 0.25) is 0 Å². The van der Waals surface area contributed by atoms with Crippen molar-refractivity contribution in [3.63, 3.8) is 0 Å². The van der Waals surface area contributed by atoms with Gasteiger partial charge in [0.25, 0.3) is 0 Å². The minimum Gasteiger partial charge on any atom is -0.313 e. The quantitative estimate of drug-likeness (QED) is 0.650. The van der Waals surface area contributed by atoms with Crippen LogP contribution in [0.2, 0.25) is 0 Å². The molecule has 0 radical (unpaired) electrons. The molecule has 13 heavy (non-hydrogen) atoms. The second kappa shape index (κ2) is 8.89. The predicted molar refractivity (Wildman–Crippen MR) is 64.5 cm³/mol. The molecule has 0 rings (SSSR count). The van der Waals surface area contributed by atoms with Gasteiger partial charge in [0.15, 0.2) is 0 Å². The van der Waals surface area contributed by atoms with Gasteiger partial charge in [0.1, 0.15) is 0 Å². The first kappa shape index (κ1) is 13.3. The van der Waals surface area contributed by atoms with E-state index in [4.69, 9.17) is 0 Å². The summed E-state index contributed by atoms with van der Waals surface area (Å²) in [4.78, 5) is 0. The fourth-order valence-corrected chi connectivity index (χ4v) is 2.22. The van der Waals surface area contributed by atoms with Gasteiger partial charge in [-0.15, -0.1) is 0 Å². The van der Waals surface area contributed by atoms with Crippen LogP contribution in [0.4, 0.5) is 0 Å². The van der Waals surface area contributed by atoms with E-state index >= 15 is 0 Å². The predicted octanol–water partition coefficient (Wildman–Crippen LogP) is 3.15. The van der Waals surface area contributed by atoms with E-state index in [0.29, 0.717) is 0 Å². The summed E-state index contributed by atoms with van der Waals surface area (Å²) in [7, 11) is 0. The highest BCUT2D eigenvalue weighted by Gasteiger charge is 2.13. The average Bonchev–Trinajstić information content (AvgIpc) is 2.17. The molecule has 2 unspecified atom stereocenters. The molecule has 0 aromatic carbocycles. The molecule has 0 fully saturated rings. The number of rotatable bonds is 8. The molecule has 1 N–H and O–H groups in total. The Balaban J connectivity index is 3.72. The maximum absolute atomic E-state index is 3.63. The van der Waals surface area contributed by atoms with Crippen LogP contribution in [-0.4, -0.2) is 24.1 Å². The van der Waals surface area contributed by atoms with Crippen molar-refractivity contribution in [1.29, 1.82) is 0 Å². The van der Waals surface area contributed by atoms with Crippen molar-refractivity contribution >= 4 is 11.8 Å². The lowest BCUT2D eigenvalue weighted by molar-refractivity contribution is 0.397. The van der Waals surface area contributed by atoms with Gasteiger partial charge in [0.05, 0.1) is 0 Å². The van der Waals surface area contributed by atoms with Crippen LogP contribution in [0.3, 0.4) is 0 Å². The molecule has 0 amide bonds. The molecule has 2 atom stereocenters. The number of hydrogen-bond acceptors (Lipinski definition) is 2. The molecule has 0 saturated heterocycles. The Kier molecular flexibility index (Phi) is 9.10. The van der Waals surface area contributed by atoms with Crippen LogP contribution in [0.25, 0.3) is 0 Å². The molecule has 0 bridgehead atoms. The van der Waals surface area contributed by atoms with Gasteiger partial charge in [-0.2, -0.15) is 11.8 Å². The van der Waals surface area contributed by atoms with Crippen LogP contribution in [0, 0.1) is 5.92 Å². The third-order valence-corrected chi connectivity index (χ3v) is 3.49.